The van der Waals surface area contributed by atoms with Gasteiger partial charge in [0.05, 0.1) is 6.04 Å². The van der Waals surface area contributed by atoms with Gasteiger partial charge in [-0.25, -0.2) is 4.98 Å². The van der Waals surface area contributed by atoms with Crippen molar-refractivity contribution >= 4 is 23.1 Å². The van der Waals surface area contributed by atoms with Crippen molar-refractivity contribution in [3.8, 4) is 10.8 Å². The topological polar surface area (TPSA) is 88.8 Å². The molecule has 9 heteroatoms. The molecule has 0 spiro atoms. The van der Waals surface area contributed by atoms with Crippen LogP contribution in [0.25, 0.3) is 10.8 Å². The minimum atomic E-state index is -0.293. The molecule has 1 amide bonds. The molecule has 3 aromatic rings. The Hall–Kier alpha value is -2.65. The third kappa shape index (κ3) is 2.20. The van der Waals surface area contributed by atoms with Gasteiger partial charge in [0.15, 0.2) is 16.7 Å². The zero-order valence-electron chi connectivity index (χ0n) is 14.4. The molecule has 2 unspecified atom stereocenters. The third-order valence-electron chi connectivity index (χ3n) is 5.04. The summed E-state index contributed by atoms with van der Waals surface area (Å²) in [6.07, 6.45) is 0. The number of nitrogens with zero attached hydrogens (tertiary/aromatic N) is 6. The highest BCUT2D eigenvalue weighted by Gasteiger charge is 2.41. The van der Waals surface area contributed by atoms with Gasteiger partial charge in [0.25, 0.3) is 0 Å². The number of benzene rings is 1. The van der Waals surface area contributed by atoms with Gasteiger partial charge in [0.1, 0.15) is 11.9 Å². The van der Waals surface area contributed by atoms with Gasteiger partial charge < -0.3 is 9.88 Å². The molecule has 1 N–H and O–H groups in total. The molecule has 0 radical (unpaired) electrons. The summed E-state index contributed by atoms with van der Waals surface area (Å²) in [6, 6.07) is 7.55. The van der Waals surface area contributed by atoms with Crippen LogP contribution < -0.4 is 5.32 Å². The minimum Gasteiger partial charge on any atom is -0.324 e. The van der Waals surface area contributed by atoms with Gasteiger partial charge in [0, 0.05) is 24.3 Å². The van der Waals surface area contributed by atoms with Crippen molar-refractivity contribution in [2.24, 2.45) is 0 Å². The van der Waals surface area contributed by atoms with E-state index in [0.717, 1.165) is 40.3 Å². The van der Waals surface area contributed by atoms with Crippen molar-refractivity contribution in [1.29, 1.82) is 0 Å². The first-order chi connectivity index (χ1) is 12.6. The van der Waals surface area contributed by atoms with Crippen LogP contribution in [0.4, 0.5) is 5.69 Å². The molecule has 5 rings (SSSR count). The highest BCUT2D eigenvalue weighted by Crippen LogP contribution is 2.40. The fourth-order valence-corrected chi connectivity index (χ4v) is 4.49. The first kappa shape index (κ1) is 15.6. The number of nitrogens with one attached hydrogen (secondary N) is 1. The predicted molar refractivity (Wildman–Crippen MR) is 96.6 cm³/mol. The van der Waals surface area contributed by atoms with Crippen LogP contribution in [0.3, 0.4) is 0 Å². The van der Waals surface area contributed by atoms with Crippen LogP contribution in [-0.2, 0) is 11.3 Å². The molecule has 2 aliphatic rings. The van der Waals surface area contributed by atoms with E-state index in [0.29, 0.717) is 6.54 Å². The lowest BCUT2D eigenvalue weighted by molar-refractivity contribution is -0.122. The first-order valence-corrected chi connectivity index (χ1v) is 9.30. The first-order valence-electron chi connectivity index (χ1n) is 8.53. The number of rotatable bonds is 2. The molecule has 0 bridgehead atoms. The van der Waals surface area contributed by atoms with Crippen LogP contribution in [-0.4, -0.2) is 41.5 Å². The molecule has 4 heterocycles. The van der Waals surface area contributed by atoms with Crippen molar-refractivity contribution in [2.45, 2.75) is 32.5 Å². The standard InChI is InChI=1S/C17H17N7OS/c1-9-14-20-21-15(17-18-10(2)22-26-17)24(14)8-7-23(9)13-11-5-3-4-6-12(11)19-16(13)25/h3-6,9,13H,7-8H2,1-2H3,(H,19,25). The Labute approximate surface area is 154 Å². The molecule has 0 fully saturated rings. The second kappa shape index (κ2) is 5.68. The highest BCUT2D eigenvalue weighted by molar-refractivity contribution is 7.09. The van der Waals surface area contributed by atoms with Crippen molar-refractivity contribution in [2.75, 3.05) is 11.9 Å². The molecule has 26 heavy (non-hydrogen) atoms. The fourth-order valence-electron chi connectivity index (χ4n) is 3.82. The zero-order valence-corrected chi connectivity index (χ0v) is 15.2. The van der Waals surface area contributed by atoms with Gasteiger partial charge in [-0.2, -0.15) is 4.37 Å². The maximum Gasteiger partial charge on any atom is 0.246 e. The van der Waals surface area contributed by atoms with Gasteiger partial charge in [-0.15, -0.1) is 10.2 Å². The summed E-state index contributed by atoms with van der Waals surface area (Å²) < 4.78 is 6.34. The molecule has 2 aliphatic heterocycles. The van der Waals surface area contributed by atoms with Crippen LogP contribution in [0, 0.1) is 6.92 Å². The van der Waals surface area contributed by atoms with E-state index in [4.69, 9.17) is 0 Å². The van der Waals surface area contributed by atoms with E-state index in [1.54, 1.807) is 0 Å². The quantitative estimate of drug-likeness (QED) is 0.747. The highest BCUT2D eigenvalue weighted by atomic mass is 32.1. The van der Waals surface area contributed by atoms with E-state index in [9.17, 15) is 4.79 Å². The third-order valence-corrected chi connectivity index (χ3v) is 5.85. The summed E-state index contributed by atoms with van der Waals surface area (Å²) in [5, 5.41) is 12.5. The molecule has 0 saturated carbocycles. The van der Waals surface area contributed by atoms with E-state index in [-0.39, 0.29) is 18.0 Å². The Kier molecular flexibility index (Phi) is 3.41. The lowest BCUT2D eigenvalue weighted by Gasteiger charge is -2.36. The fraction of sp³-hybridized carbons (Fsp3) is 0.353. The van der Waals surface area contributed by atoms with Crippen LogP contribution in [0.1, 0.15) is 36.2 Å². The monoisotopic (exact) mass is 367 g/mol. The van der Waals surface area contributed by atoms with Crippen LogP contribution in [0.15, 0.2) is 24.3 Å². The molecule has 0 aliphatic carbocycles. The Morgan fingerprint density at radius 1 is 1.23 bits per heavy atom. The van der Waals surface area contributed by atoms with E-state index in [1.807, 2.05) is 31.2 Å². The number of amides is 1. The number of carbonyl (C=O) groups is 1. The number of carbonyl (C=O) groups excluding carboxylic acids is 1. The largest absolute Gasteiger partial charge is 0.324 e. The average molecular weight is 367 g/mol. The number of aromatic nitrogens is 5. The number of aryl methyl sites for hydroxylation is 1. The van der Waals surface area contributed by atoms with Crippen molar-refractivity contribution in [1.82, 2.24) is 29.0 Å². The summed E-state index contributed by atoms with van der Waals surface area (Å²) in [5.41, 5.74) is 1.92. The van der Waals surface area contributed by atoms with Gasteiger partial charge in [0.2, 0.25) is 5.91 Å². The molecule has 8 nitrogen and oxygen atoms in total. The van der Waals surface area contributed by atoms with Crippen molar-refractivity contribution in [3.63, 3.8) is 0 Å². The van der Waals surface area contributed by atoms with Crippen LogP contribution in [0.2, 0.25) is 0 Å². The molecule has 1 aromatic carbocycles. The summed E-state index contributed by atoms with van der Waals surface area (Å²) in [4.78, 5) is 19.2. The van der Waals surface area contributed by atoms with E-state index in [2.05, 4.69) is 41.3 Å². The van der Waals surface area contributed by atoms with Crippen LogP contribution >= 0.6 is 11.5 Å². The number of hydrogen-bond acceptors (Lipinski definition) is 7. The number of fused-ring (bicyclic) bond motifs is 2. The van der Waals surface area contributed by atoms with Crippen molar-refractivity contribution < 1.29 is 4.79 Å². The smallest absolute Gasteiger partial charge is 0.246 e. The Morgan fingerprint density at radius 2 is 2.08 bits per heavy atom. The lowest BCUT2D eigenvalue weighted by Crippen LogP contribution is -2.42. The number of para-hydroxylation sites is 1. The molecule has 2 atom stereocenters. The van der Waals surface area contributed by atoms with Crippen LogP contribution in [0.5, 0.6) is 0 Å². The number of anilines is 1. The van der Waals surface area contributed by atoms with Gasteiger partial charge in [-0.1, -0.05) is 18.2 Å². The molecule has 132 valence electrons. The average Bonchev–Trinajstić information content (AvgIpc) is 3.32. The second-order valence-electron chi connectivity index (χ2n) is 6.57. The van der Waals surface area contributed by atoms with Gasteiger partial charge in [-0.3, -0.25) is 9.69 Å². The van der Waals surface area contributed by atoms with Gasteiger partial charge in [-0.05, 0) is 31.4 Å². The lowest BCUT2D eigenvalue weighted by atomic mass is 10.0. The Morgan fingerprint density at radius 3 is 2.88 bits per heavy atom. The van der Waals surface area contributed by atoms with E-state index >= 15 is 0 Å². The van der Waals surface area contributed by atoms with E-state index in [1.165, 1.54) is 11.5 Å². The van der Waals surface area contributed by atoms with Crippen molar-refractivity contribution in [3.05, 3.63) is 41.5 Å². The number of hydrogen-bond donors (Lipinski definition) is 1. The maximum atomic E-state index is 12.6. The molecular weight excluding hydrogens is 350 g/mol. The molecular formula is C17H17N7OS. The van der Waals surface area contributed by atoms with E-state index < -0.39 is 0 Å². The van der Waals surface area contributed by atoms with Gasteiger partial charge >= 0.3 is 0 Å². The normalized spacial score (nSPS) is 22.2. The Bertz CT molecular complexity index is 1010. The maximum absolute atomic E-state index is 12.6. The zero-order chi connectivity index (χ0) is 17.8. The minimum absolute atomic E-state index is 0.0194. The summed E-state index contributed by atoms with van der Waals surface area (Å²) >= 11 is 1.34. The SMILES string of the molecule is Cc1nsc(-c2nnc3n2CCN(C2C(=O)Nc4ccccc42)C3C)n1. The second-order valence-corrected chi connectivity index (χ2v) is 7.32. The summed E-state index contributed by atoms with van der Waals surface area (Å²) in [5.74, 6) is 2.38. The summed E-state index contributed by atoms with van der Waals surface area (Å²) in [6.45, 7) is 5.40. The predicted octanol–water partition coefficient (Wildman–Crippen LogP) is 2.18. The summed E-state index contributed by atoms with van der Waals surface area (Å²) in [7, 11) is 0. The molecule has 2 aromatic heterocycles. The molecule has 0 saturated heterocycles. The Balaban J connectivity index is 1.51.